The molecule has 2 aromatic rings. The topological polar surface area (TPSA) is 37.3 Å². The van der Waals surface area contributed by atoms with E-state index in [0.29, 0.717) is 12.3 Å². The van der Waals surface area contributed by atoms with Crippen molar-refractivity contribution in [3.63, 3.8) is 0 Å². The largest absolute Gasteiger partial charge is 0.481 e. The van der Waals surface area contributed by atoms with Gasteiger partial charge < -0.3 is 5.11 Å². The number of hydrogen-bond acceptors (Lipinski definition) is 2. The van der Waals surface area contributed by atoms with Gasteiger partial charge in [0.05, 0.1) is 0 Å². The molecule has 0 atom stereocenters. The van der Waals surface area contributed by atoms with E-state index in [0.717, 1.165) is 5.56 Å². The molecular weight excluding hydrogens is 232 g/mol. The molecule has 0 aliphatic heterocycles. The van der Waals surface area contributed by atoms with E-state index in [1.165, 1.54) is 15.6 Å². The lowest BCUT2D eigenvalue weighted by atomic mass is 9.96. The minimum atomic E-state index is -0.734. The van der Waals surface area contributed by atoms with Crippen molar-refractivity contribution in [3.05, 3.63) is 34.7 Å². The zero-order valence-electron chi connectivity index (χ0n) is 10.1. The Kier molecular flexibility index (Phi) is 3.48. The van der Waals surface area contributed by atoms with E-state index in [1.807, 2.05) is 0 Å². The molecule has 0 aliphatic rings. The average Bonchev–Trinajstić information content (AvgIpc) is 2.73. The number of rotatable bonds is 4. The van der Waals surface area contributed by atoms with Crippen molar-refractivity contribution in [2.24, 2.45) is 0 Å². The molecule has 0 amide bonds. The van der Waals surface area contributed by atoms with Crippen LogP contribution in [0, 0.1) is 0 Å². The Bertz CT molecular complexity index is 540. The van der Waals surface area contributed by atoms with Crippen LogP contribution in [-0.2, 0) is 11.2 Å². The Hall–Kier alpha value is -1.35. The summed E-state index contributed by atoms with van der Waals surface area (Å²) in [4.78, 5) is 10.6. The molecule has 2 rings (SSSR count). The first-order valence-corrected chi connectivity index (χ1v) is 6.68. The van der Waals surface area contributed by atoms with Gasteiger partial charge in [0.1, 0.15) is 0 Å². The number of thiophene rings is 1. The van der Waals surface area contributed by atoms with Gasteiger partial charge in [0.15, 0.2) is 0 Å². The maximum atomic E-state index is 10.6. The van der Waals surface area contributed by atoms with Gasteiger partial charge in [0, 0.05) is 11.1 Å². The Labute approximate surface area is 105 Å². The minimum absolute atomic E-state index is 0.202. The second-order valence-electron chi connectivity index (χ2n) is 4.53. The molecule has 2 nitrogen and oxygen atoms in total. The van der Waals surface area contributed by atoms with Crippen LogP contribution in [0.5, 0.6) is 0 Å². The summed E-state index contributed by atoms with van der Waals surface area (Å²) in [7, 11) is 0. The Balaban J connectivity index is 2.42. The Morgan fingerprint density at radius 3 is 2.76 bits per heavy atom. The maximum absolute atomic E-state index is 10.6. The third-order valence-electron chi connectivity index (χ3n) is 2.96. The predicted octanol–water partition coefficient (Wildman–Crippen LogP) is 4.04. The van der Waals surface area contributed by atoms with Gasteiger partial charge in [-0.05, 0) is 40.3 Å². The quantitative estimate of drug-likeness (QED) is 0.886. The van der Waals surface area contributed by atoms with Crippen LogP contribution in [0.25, 0.3) is 10.1 Å². The normalized spacial score (nSPS) is 11.2. The highest BCUT2D eigenvalue weighted by Gasteiger charge is 2.10. The highest BCUT2D eigenvalue weighted by Crippen LogP contribution is 2.32. The molecule has 1 N–H and O–H groups in total. The molecule has 1 aromatic heterocycles. The fraction of sp³-hybridized carbons (Fsp3) is 0.357. The standard InChI is InChI=1S/C14H16O2S/c1-9(2)11-5-3-10(4-6-13(15)16)14-12(11)7-8-17-14/h3,5,7-9H,4,6H2,1-2H3,(H,15,16). The molecule has 0 fully saturated rings. The van der Waals surface area contributed by atoms with Gasteiger partial charge >= 0.3 is 5.97 Å². The van der Waals surface area contributed by atoms with E-state index in [-0.39, 0.29) is 6.42 Å². The van der Waals surface area contributed by atoms with Crippen LogP contribution < -0.4 is 0 Å². The van der Waals surface area contributed by atoms with E-state index in [1.54, 1.807) is 11.3 Å². The molecule has 1 heterocycles. The third kappa shape index (κ3) is 2.50. The summed E-state index contributed by atoms with van der Waals surface area (Å²) in [6.07, 6.45) is 0.818. The Morgan fingerprint density at radius 2 is 2.12 bits per heavy atom. The summed E-state index contributed by atoms with van der Waals surface area (Å²) in [5.74, 6) is -0.233. The number of hydrogen-bond donors (Lipinski definition) is 1. The van der Waals surface area contributed by atoms with Crippen molar-refractivity contribution in [2.45, 2.75) is 32.6 Å². The molecule has 0 bridgehead atoms. The number of carbonyl (C=O) groups is 1. The predicted molar refractivity (Wildman–Crippen MR) is 71.9 cm³/mol. The third-order valence-corrected chi connectivity index (χ3v) is 3.95. The van der Waals surface area contributed by atoms with E-state index < -0.39 is 5.97 Å². The first-order valence-electron chi connectivity index (χ1n) is 5.80. The van der Waals surface area contributed by atoms with Gasteiger partial charge in [-0.15, -0.1) is 11.3 Å². The van der Waals surface area contributed by atoms with Crippen LogP contribution in [0.2, 0.25) is 0 Å². The number of aryl methyl sites for hydroxylation is 1. The zero-order valence-corrected chi connectivity index (χ0v) is 10.9. The van der Waals surface area contributed by atoms with Crippen LogP contribution in [0.1, 0.15) is 37.3 Å². The first-order chi connectivity index (χ1) is 8.09. The van der Waals surface area contributed by atoms with Gasteiger partial charge in [-0.2, -0.15) is 0 Å². The number of benzene rings is 1. The molecule has 0 saturated carbocycles. The van der Waals surface area contributed by atoms with Crippen molar-refractivity contribution < 1.29 is 9.90 Å². The number of fused-ring (bicyclic) bond motifs is 1. The van der Waals surface area contributed by atoms with Crippen LogP contribution in [0.3, 0.4) is 0 Å². The molecule has 90 valence electrons. The lowest BCUT2D eigenvalue weighted by molar-refractivity contribution is -0.136. The summed E-state index contributed by atoms with van der Waals surface area (Å²) < 4.78 is 1.25. The summed E-state index contributed by atoms with van der Waals surface area (Å²) in [6, 6.07) is 6.35. The second kappa shape index (κ2) is 4.88. The van der Waals surface area contributed by atoms with Gasteiger partial charge in [0.25, 0.3) is 0 Å². The first kappa shape index (κ1) is 12.1. The molecule has 17 heavy (non-hydrogen) atoms. The fourth-order valence-electron chi connectivity index (χ4n) is 2.08. The molecular formula is C14H16O2S. The monoisotopic (exact) mass is 248 g/mol. The molecule has 0 radical (unpaired) electrons. The fourth-order valence-corrected chi connectivity index (χ4v) is 3.06. The molecule has 0 unspecified atom stereocenters. The summed E-state index contributed by atoms with van der Waals surface area (Å²) in [6.45, 7) is 4.37. The van der Waals surface area contributed by atoms with Crippen LogP contribution in [0.4, 0.5) is 0 Å². The van der Waals surface area contributed by atoms with Crippen molar-refractivity contribution in [2.75, 3.05) is 0 Å². The molecule has 0 spiro atoms. The van der Waals surface area contributed by atoms with E-state index in [2.05, 4.69) is 37.4 Å². The smallest absolute Gasteiger partial charge is 0.303 e. The van der Waals surface area contributed by atoms with Crippen molar-refractivity contribution in [3.8, 4) is 0 Å². The van der Waals surface area contributed by atoms with Crippen molar-refractivity contribution in [1.82, 2.24) is 0 Å². The van der Waals surface area contributed by atoms with E-state index in [4.69, 9.17) is 5.11 Å². The molecule has 0 aliphatic carbocycles. The summed E-state index contributed by atoms with van der Waals surface area (Å²) in [5, 5.41) is 12.1. The van der Waals surface area contributed by atoms with Crippen LogP contribution in [-0.4, -0.2) is 11.1 Å². The summed E-state index contributed by atoms with van der Waals surface area (Å²) >= 11 is 1.70. The van der Waals surface area contributed by atoms with Gasteiger partial charge in [0.2, 0.25) is 0 Å². The highest BCUT2D eigenvalue weighted by molar-refractivity contribution is 7.17. The zero-order chi connectivity index (χ0) is 12.4. The molecule has 3 heteroatoms. The van der Waals surface area contributed by atoms with Gasteiger partial charge in [-0.3, -0.25) is 4.79 Å². The van der Waals surface area contributed by atoms with Crippen molar-refractivity contribution >= 4 is 27.4 Å². The summed E-state index contributed by atoms with van der Waals surface area (Å²) in [5.41, 5.74) is 2.50. The second-order valence-corrected chi connectivity index (χ2v) is 5.44. The molecule has 0 saturated heterocycles. The van der Waals surface area contributed by atoms with Crippen molar-refractivity contribution in [1.29, 1.82) is 0 Å². The number of carboxylic acids is 1. The van der Waals surface area contributed by atoms with E-state index >= 15 is 0 Å². The Morgan fingerprint density at radius 1 is 1.35 bits per heavy atom. The minimum Gasteiger partial charge on any atom is -0.481 e. The maximum Gasteiger partial charge on any atom is 0.303 e. The lowest BCUT2D eigenvalue weighted by Crippen LogP contribution is -1.98. The average molecular weight is 248 g/mol. The lowest BCUT2D eigenvalue weighted by Gasteiger charge is -2.10. The number of carboxylic acid groups (broad SMARTS) is 1. The molecule has 1 aromatic carbocycles. The van der Waals surface area contributed by atoms with Crippen LogP contribution in [0.15, 0.2) is 23.6 Å². The van der Waals surface area contributed by atoms with Gasteiger partial charge in [-0.25, -0.2) is 0 Å². The number of aliphatic carboxylic acids is 1. The highest BCUT2D eigenvalue weighted by atomic mass is 32.1. The van der Waals surface area contributed by atoms with Crippen LogP contribution >= 0.6 is 11.3 Å². The van der Waals surface area contributed by atoms with Gasteiger partial charge in [-0.1, -0.05) is 26.0 Å². The SMILES string of the molecule is CC(C)c1ccc(CCC(=O)O)c2sccc12. The van der Waals surface area contributed by atoms with E-state index in [9.17, 15) is 4.79 Å².